The zero-order valence-corrected chi connectivity index (χ0v) is 12.4. The molecule has 0 atom stereocenters. The van der Waals surface area contributed by atoms with Gasteiger partial charge in [-0.25, -0.2) is 0 Å². The van der Waals surface area contributed by atoms with Crippen LogP contribution in [0, 0.1) is 0 Å². The predicted molar refractivity (Wildman–Crippen MR) is 83.1 cm³/mol. The molecule has 2 aromatic rings. The molecule has 104 valence electrons. The summed E-state index contributed by atoms with van der Waals surface area (Å²) in [5, 5.41) is 3.23. The smallest absolute Gasteiger partial charge is 0.123 e. The van der Waals surface area contributed by atoms with Crippen LogP contribution in [0.4, 0.5) is 0 Å². The Balaban J connectivity index is 2.01. The first-order chi connectivity index (χ1) is 9.59. The monoisotopic (exact) mass is 267 g/mol. The normalized spacial score (nSPS) is 15.8. The van der Waals surface area contributed by atoms with Gasteiger partial charge in [-0.2, -0.15) is 0 Å². The first-order valence-corrected chi connectivity index (χ1v) is 7.14. The van der Waals surface area contributed by atoms with Gasteiger partial charge in [-0.05, 0) is 55.3 Å². The molecular weight excluding hydrogens is 246 g/mol. The quantitative estimate of drug-likeness (QED) is 0.913. The van der Waals surface area contributed by atoms with Crippen LogP contribution in [0.1, 0.15) is 25.0 Å². The van der Waals surface area contributed by atoms with E-state index in [1.807, 2.05) is 7.05 Å². The number of hydrogen-bond donors (Lipinski definition) is 1. The molecule has 1 N–H and O–H groups in total. The molecular formula is C18H21NO. The average Bonchev–Trinajstić information content (AvgIpc) is 2.72. The van der Waals surface area contributed by atoms with Gasteiger partial charge in [-0.1, -0.05) is 30.3 Å². The van der Waals surface area contributed by atoms with Crippen LogP contribution in [0.3, 0.4) is 0 Å². The summed E-state index contributed by atoms with van der Waals surface area (Å²) in [6.45, 7) is 5.17. The third-order valence-corrected chi connectivity index (χ3v) is 3.76. The van der Waals surface area contributed by atoms with E-state index in [0.717, 1.165) is 18.7 Å². The Labute approximate surface area is 120 Å². The van der Waals surface area contributed by atoms with Crippen molar-refractivity contribution in [3.8, 4) is 16.9 Å². The Kier molecular flexibility index (Phi) is 3.27. The maximum atomic E-state index is 5.95. The van der Waals surface area contributed by atoms with E-state index in [0.29, 0.717) is 0 Å². The van der Waals surface area contributed by atoms with Crippen molar-refractivity contribution in [2.45, 2.75) is 32.4 Å². The van der Waals surface area contributed by atoms with Gasteiger partial charge in [0, 0.05) is 13.0 Å². The first-order valence-electron chi connectivity index (χ1n) is 7.14. The molecule has 0 fully saturated rings. The molecule has 20 heavy (non-hydrogen) atoms. The number of hydrogen-bond acceptors (Lipinski definition) is 2. The molecule has 2 nitrogen and oxygen atoms in total. The number of fused-ring (bicyclic) bond motifs is 1. The molecule has 0 saturated heterocycles. The lowest BCUT2D eigenvalue weighted by Crippen LogP contribution is -2.24. The van der Waals surface area contributed by atoms with E-state index in [2.05, 4.69) is 61.6 Å². The molecule has 0 radical (unpaired) electrons. The summed E-state index contributed by atoms with van der Waals surface area (Å²) in [5.41, 5.74) is 5.14. The second-order valence-corrected chi connectivity index (χ2v) is 6.05. The number of rotatable bonds is 3. The predicted octanol–water partition coefficient (Wildman–Crippen LogP) is 3.79. The van der Waals surface area contributed by atoms with Crippen LogP contribution in [0.5, 0.6) is 5.75 Å². The summed E-state index contributed by atoms with van der Waals surface area (Å²) in [5.74, 6) is 1.03. The Morgan fingerprint density at radius 1 is 1.15 bits per heavy atom. The minimum atomic E-state index is -0.0779. The highest BCUT2D eigenvalue weighted by molar-refractivity contribution is 5.69. The van der Waals surface area contributed by atoms with Gasteiger partial charge in [0.25, 0.3) is 0 Å². The van der Waals surface area contributed by atoms with E-state index in [1.54, 1.807) is 0 Å². The van der Waals surface area contributed by atoms with E-state index in [-0.39, 0.29) is 5.60 Å². The number of ether oxygens (including phenoxy) is 1. The first kappa shape index (κ1) is 13.2. The van der Waals surface area contributed by atoms with E-state index < -0.39 is 0 Å². The Hall–Kier alpha value is -1.80. The van der Waals surface area contributed by atoms with Gasteiger partial charge in [-0.15, -0.1) is 0 Å². The zero-order valence-electron chi connectivity index (χ0n) is 12.4. The van der Waals surface area contributed by atoms with Gasteiger partial charge in [0.1, 0.15) is 11.4 Å². The summed E-state index contributed by atoms with van der Waals surface area (Å²) in [6, 6.07) is 15.1. The molecule has 0 bridgehead atoms. The molecule has 0 spiro atoms. The third kappa shape index (κ3) is 2.44. The van der Waals surface area contributed by atoms with Crippen molar-refractivity contribution < 1.29 is 4.74 Å². The van der Waals surface area contributed by atoms with Crippen LogP contribution in [0.15, 0.2) is 42.5 Å². The van der Waals surface area contributed by atoms with E-state index in [4.69, 9.17) is 4.74 Å². The lowest BCUT2D eigenvalue weighted by molar-refractivity contribution is 0.138. The second-order valence-electron chi connectivity index (χ2n) is 6.05. The van der Waals surface area contributed by atoms with Crippen LogP contribution >= 0.6 is 0 Å². The van der Waals surface area contributed by atoms with Crippen LogP contribution < -0.4 is 10.1 Å². The van der Waals surface area contributed by atoms with Crippen molar-refractivity contribution in [1.82, 2.24) is 5.32 Å². The van der Waals surface area contributed by atoms with Gasteiger partial charge in [0.15, 0.2) is 0 Å². The van der Waals surface area contributed by atoms with Crippen LogP contribution in [-0.2, 0) is 13.0 Å². The topological polar surface area (TPSA) is 21.3 Å². The molecule has 0 amide bonds. The maximum absolute atomic E-state index is 5.95. The molecule has 0 aliphatic carbocycles. The molecule has 0 aromatic heterocycles. The molecule has 1 aliphatic heterocycles. The van der Waals surface area contributed by atoms with E-state index in [9.17, 15) is 0 Å². The average molecular weight is 267 g/mol. The molecule has 2 heteroatoms. The Morgan fingerprint density at radius 3 is 2.75 bits per heavy atom. The molecule has 1 aliphatic rings. The zero-order chi connectivity index (χ0) is 14.2. The molecule has 0 unspecified atom stereocenters. The van der Waals surface area contributed by atoms with Crippen molar-refractivity contribution in [2.24, 2.45) is 0 Å². The largest absolute Gasteiger partial charge is 0.487 e. The Morgan fingerprint density at radius 2 is 1.95 bits per heavy atom. The van der Waals surface area contributed by atoms with Crippen molar-refractivity contribution >= 4 is 0 Å². The van der Waals surface area contributed by atoms with Crippen molar-refractivity contribution in [2.75, 3.05) is 7.05 Å². The minimum absolute atomic E-state index is 0.0779. The van der Waals surface area contributed by atoms with Gasteiger partial charge in [0.2, 0.25) is 0 Å². The number of nitrogens with one attached hydrogen (secondary N) is 1. The fourth-order valence-corrected chi connectivity index (χ4v) is 2.92. The van der Waals surface area contributed by atoms with E-state index in [1.165, 1.54) is 22.3 Å². The van der Waals surface area contributed by atoms with Crippen LogP contribution in [0.25, 0.3) is 11.1 Å². The van der Waals surface area contributed by atoms with Crippen molar-refractivity contribution in [3.63, 3.8) is 0 Å². The van der Waals surface area contributed by atoms with E-state index >= 15 is 0 Å². The Bertz CT molecular complexity index is 631. The lowest BCUT2D eigenvalue weighted by atomic mass is 9.95. The summed E-state index contributed by atoms with van der Waals surface area (Å²) in [7, 11) is 1.98. The standard InChI is InChI=1S/C18H21NO/c1-18(2)11-15-10-13(8-9-17(15)20-18)16-7-5-4-6-14(16)12-19-3/h4-10,19H,11-12H2,1-3H3. The molecule has 2 aromatic carbocycles. The highest BCUT2D eigenvalue weighted by Gasteiger charge is 2.30. The molecule has 1 heterocycles. The molecule has 3 rings (SSSR count). The SMILES string of the molecule is CNCc1ccccc1-c1ccc2c(c1)CC(C)(C)O2. The number of benzene rings is 2. The van der Waals surface area contributed by atoms with Gasteiger partial charge < -0.3 is 10.1 Å². The lowest BCUT2D eigenvalue weighted by Gasteiger charge is -2.16. The summed E-state index contributed by atoms with van der Waals surface area (Å²) >= 11 is 0. The van der Waals surface area contributed by atoms with Gasteiger partial charge in [0.05, 0.1) is 0 Å². The summed E-state index contributed by atoms with van der Waals surface area (Å²) < 4.78 is 5.95. The highest BCUT2D eigenvalue weighted by atomic mass is 16.5. The maximum Gasteiger partial charge on any atom is 0.123 e. The molecule has 0 saturated carbocycles. The fourth-order valence-electron chi connectivity index (χ4n) is 2.92. The van der Waals surface area contributed by atoms with Crippen molar-refractivity contribution in [3.05, 3.63) is 53.6 Å². The summed E-state index contributed by atoms with van der Waals surface area (Å²) in [4.78, 5) is 0. The van der Waals surface area contributed by atoms with Crippen molar-refractivity contribution in [1.29, 1.82) is 0 Å². The minimum Gasteiger partial charge on any atom is -0.487 e. The van der Waals surface area contributed by atoms with Crippen LogP contribution in [-0.4, -0.2) is 12.6 Å². The second kappa shape index (κ2) is 4.95. The third-order valence-electron chi connectivity index (χ3n) is 3.76. The van der Waals surface area contributed by atoms with Gasteiger partial charge >= 0.3 is 0 Å². The summed E-state index contributed by atoms with van der Waals surface area (Å²) in [6.07, 6.45) is 0.977. The highest BCUT2D eigenvalue weighted by Crippen LogP contribution is 2.37. The van der Waals surface area contributed by atoms with Gasteiger partial charge in [-0.3, -0.25) is 0 Å². The fraction of sp³-hybridized carbons (Fsp3) is 0.333. The van der Waals surface area contributed by atoms with Crippen LogP contribution in [0.2, 0.25) is 0 Å².